The predicted molar refractivity (Wildman–Crippen MR) is 104 cm³/mol. The van der Waals surface area contributed by atoms with Gasteiger partial charge in [-0.1, -0.05) is 118 Å². The summed E-state index contributed by atoms with van der Waals surface area (Å²) in [5.41, 5.74) is 1.04. The molecule has 0 aliphatic carbocycles. The molecule has 126 valence electrons. The Labute approximate surface area is 151 Å². The highest BCUT2D eigenvalue weighted by Crippen LogP contribution is 2.45. The van der Waals surface area contributed by atoms with Gasteiger partial charge < -0.3 is 0 Å². The molecule has 1 unspecified atom stereocenters. The molecule has 1 atom stereocenters. The Kier molecular flexibility index (Phi) is 7.24. The third-order valence-corrected chi connectivity index (χ3v) is 5.91. The first-order chi connectivity index (χ1) is 11.1. The second kappa shape index (κ2) is 8.94. The molecule has 0 radical (unpaired) electrons. The molecule has 0 saturated carbocycles. The van der Waals surface area contributed by atoms with Crippen LogP contribution in [0, 0.1) is 5.92 Å². The summed E-state index contributed by atoms with van der Waals surface area (Å²) in [6, 6.07) is 14.6. The Morgan fingerprint density at radius 2 is 1.52 bits per heavy atom. The second-order valence-corrected chi connectivity index (χ2v) is 7.99. The summed E-state index contributed by atoms with van der Waals surface area (Å²) in [4.78, 5) is 0. The number of fused-ring (bicyclic) bond motifs is 1. The smallest absolute Gasteiger partial charge is 0.0960 e. The minimum absolute atomic E-state index is 0.239. The predicted octanol–water partition coefficient (Wildman–Crippen LogP) is 7.86. The van der Waals surface area contributed by atoms with Crippen LogP contribution in [0.25, 0.3) is 10.8 Å². The van der Waals surface area contributed by atoms with Crippen molar-refractivity contribution in [2.45, 2.75) is 63.1 Å². The minimum atomic E-state index is -0.829. The van der Waals surface area contributed by atoms with E-state index in [1.165, 1.54) is 43.9 Å². The summed E-state index contributed by atoms with van der Waals surface area (Å²) in [6.07, 6.45) is 8.88. The Bertz CT molecular complexity index is 598. The molecule has 2 heteroatoms. The van der Waals surface area contributed by atoms with Gasteiger partial charge in [-0.3, -0.25) is 0 Å². The van der Waals surface area contributed by atoms with Crippen LogP contribution >= 0.6 is 23.2 Å². The first-order valence-corrected chi connectivity index (χ1v) is 9.69. The molecule has 0 amide bonds. The number of halogens is 2. The highest BCUT2D eigenvalue weighted by Gasteiger charge is 2.34. The van der Waals surface area contributed by atoms with Crippen LogP contribution in [0.1, 0.15) is 64.4 Å². The van der Waals surface area contributed by atoms with Crippen molar-refractivity contribution < 1.29 is 0 Å². The summed E-state index contributed by atoms with van der Waals surface area (Å²) in [7, 11) is 0. The van der Waals surface area contributed by atoms with Gasteiger partial charge in [-0.2, -0.15) is 0 Å². The van der Waals surface area contributed by atoms with Gasteiger partial charge in [-0.05, 0) is 28.7 Å². The van der Waals surface area contributed by atoms with Gasteiger partial charge in [0.25, 0.3) is 0 Å². The van der Waals surface area contributed by atoms with Crippen LogP contribution in [0.15, 0.2) is 42.5 Å². The van der Waals surface area contributed by atoms with Gasteiger partial charge >= 0.3 is 0 Å². The molecule has 2 aromatic carbocycles. The van der Waals surface area contributed by atoms with Crippen molar-refractivity contribution >= 4 is 34.0 Å². The fraction of sp³-hybridized carbons (Fsp3) is 0.524. The molecular weight excluding hydrogens is 323 g/mol. The molecule has 0 aromatic heterocycles. The topological polar surface area (TPSA) is 0 Å². The maximum Gasteiger partial charge on any atom is 0.146 e. The lowest BCUT2D eigenvalue weighted by Gasteiger charge is -2.29. The molecular formula is C21H28Cl2. The Hall–Kier alpha value is -0.720. The fourth-order valence-corrected chi connectivity index (χ4v) is 3.74. The van der Waals surface area contributed by atoms with Crippen molar-refractivity contribution in [2.24, 2.45) is 5.92 Å². The molecule has 0 fully saturated rings. The number of rotatable bonds is 9. The van der Waals surface area contributed by atoms with E-state index in [2.05, 4.69) is 50.2 Å². The molecule has 0 nitrogen and oxygen atoms in total. The van der Waals surface area contributed by atoms with E-state index in [1.807, 2.05) is 6.07 Å². The zero-order valence-corrected chi connectivity index (χ0v) is 15.8. The van der Waals surface area contributed by atoms with E-state index in [1.54, 1.807) is 0 Å². The first kappa shape index (κ1) is 18.6. The summed E-state index contributed by atoms with van der Waals surface area (Å²) in [5, 5.41) is 2.36. The van der Waals surface area contributed by atoms with Crippen molar-refractivity contribution in [1.29, 1.82) is 0 Å². The Balaban J connectivity index is 2.01. The lowest BCUT2D eigenvalue weighted by molar-refractivity contribution is 0.445. The van der Waals surface area contributed by atoms with Crippen LogP contribution in [0.4, 0.5) is 0 Å². The summed E-state index contributed by atoms with van der Waals surface area (Å²) < 4.78 is -0.829. The van der Waals surface area contributed by atoms with E-state index in [-0.39, 0.29) is 5.92 Å². The van der Waals surface area contributed by atoms with Gasteiger partial charge in [0.2, 0.25) is 0 Å². The van der Waals surface area contributed by atoms with E-state index >= 15 is 0 Å². The number of hydrogen-bond donors (Lipinski definition) is 0. The van der Waals surface area contributed by atoms with Gasteiger partial charge in [0.1, 0.15) is 4.33 Å². The molecule has 0 bridgehead atoms. The molecule has 0 aliphatic rings. The second-order valence-electron chi connectivity index (χ2n) is 6.61. The van der Waals surface area contributed by atoms with Gasteiger partial charge in [0.15, 0.2) is 0 Å². The molecule has 0 spiro atoms. The maximum absolute atomic E-state index is 6.82. The highest BCUT2D eigenvalue weighted by molar-refractivity contribution is 6.48. The Morgan fingerprint density at radius 3 is 2.30 bits per heavy atom. The normalized spacial score (nSPS) is 13.4. The highest BCUT2D eigenvalue weighted by atomic mass is 35.5. The van der Waals surface area contributed by atoms with E-state index in [0.717, 1.165) is 17.4 Å². The molecule has 0 heterocycles. The average molecular weight is 351 g/mol. The van der Waals surface area contributed by atoms with Gasteiger partial charge in [0.05, 0.1) is 0 Å². The fourth-order valence-electron chi connectivity index (χ4n) is 3.19. The van der Waals surface area contributed by atoms with Crippen LogP contribution in [0.3, 0.4) is 0 Å². The summed E-state index contributed by atoms with van der Waals surface area (Å²) in [6.45, 7) is 4.43. The standard InChI is InChI=1S/C21H28Cl2/c1-3-4-5-6-7-8-12-17(2)21(22,23)20-16-11-14-18-13-9-10-15-19(18)20/h9-11,13-17H,3-8,12H2,1-2H3. The number of unbranched alkanes of at least 4 members (excludes halogenated alkanes) is 5. The molecule has 2 rings (SSSR count). The van der Waals surface area contributed by atoms with Crippen molar-refractivity contribution in [2.75, 3.05) is 0 Å². The Morgan fingerprint density at radius 1 is 0.870 bits per heavy atom. The van der Waals surface area contributed by atoms with Crippen LogP contribution < -0.4 is 0 Å². The van der Waals surface area contributed by atoms with Crippen molar-refractivity contribution in [3.63, 3.8) is 0 Å². The summed E-state index contributed by atoms with van der Waals surface area (Å²) >= 11 is 13.6. The van der Waals surface area contributed by atoms with Crippen LogP contribution in [-0.2, 0) is 4.33 Å². The maximum atomic E-state index is 6.82. The van der Waals surface area contributed by atoms with Crippen molar-refractivity contribution in [3.8, 4) is 0 Å². The van der Waals surface area contributed by atoms with E-state index in [9.17, 15) is 0 Å². The zero-order chi connectivity index (χ0) is 16.7. The number of benzene rings is 2. The third kappa shape index (κ3) is 4.88. The number of hydrogen-bond acceptors (Lipinski definition) is 0. The van der Waals surface area contributed by atoms with E-state index in [0.29, 0.717) is 0 Å². The van der Waals surface area contributed by atoms with Crippen molar-refractivity contribution in [3.05, 3.63) is 48.0 Å². The van der Waals surface area contributed by atoms with Crippen molar-refractivity contribution in [1.82, 2.24) is 0 Å². The minimum Gasteiger partial charge on any atom is -0.0960 e. The van der Waals surface area contributed by atoms with Crippen LogP contribution in [0.5, 0.6) is 0 Å². The molecule has 2 aromatic rings. The lowest BCUT2D eigenvalue weighted by Crippen LogP contribution is -2.21. The summed E-state index contributed by atoms with van der Waals surface area (Å²) in [5.74, 6) is 0.239. The van der Waals surface area contributed by atoms with E-state index < -0.39 is 4.33 Å². The lowest BCUT2D eigenvalue weighted by atomic mass is 9.91. The monoisotopic (exact) mass is 350 g/mol. The zero-order valence-electron chi connectivity index (χ0n) is 14.3. The molecule has 0 aliphatic heterocycles. The first-order valence-electron chi connectivity index (χ1n) is 8.93. The van der Waals surface area contributed by atoms with Crippen LogP contribution in [-0.4, -0.2) is 0 Å². The van der Waals surface area contributed by atoms with Gasteiger partial charge in [0, 0.05) is 0 Å². The average Bonchev–Trinajstić information content (AvgIpc) is 2.57. The van der Waals surface area contributed by atoms with E-state index in [4.69, 9.17) is 23.2 Å². The van der Waals surface area contributed by atoms with Crippen LogP contribution in [0.2, 0.25) is 0 Å². The largest absolute Gasteiger partial charge is 0.146 e. The third-order valence-electron chi connectivity index (χ3n) is 4.76. The molecule has 0 saturated heterocycles. The number of alkyl halides is 2. The quantitative estimate of drug-likeness (QED) is 0.319. The SMILES string of the molecule is CCCCCCCCC(C)C(Cl)(Cl)c1cccc2ccccc12. The van der Waals surface area contributed by atoms with Gasteiger partial charge in [-0.15, -0.1) is 0 Å². The van der Waals surface area contributed by atoms with Gasteiger partial charge in [-0.25, -0.2) is 0 Å². The molecule has 23 heavy (non-hydrogen) atoms. The molecule has 0 N–H and O–H groups in total.